The molecular formula is C11H19O4. The Morgan fingerprint density at radius 2 is 1.07 bits per heavy atom. The van der Waals surface area contributed by atoms with Gasteiger partial charge in [-0.2, -0.15) is 0 Å². The number of hydrogen-bond acceptors (Lipinski definition) is 4. The summed E-state index contributed by atoms with van der Waals surface area (Å²) in [5, 5.41) is 0. The van der Waals surface area contributed by atoms with Gasteiger partial charge in [0.15, 0.2) is 0 Å². The first kappa shape index (κ1) is 13.9. The first-order valence-corrected chi connectivity index (χ1v) is 4.79. The molecule has 0 N–H and O–H groups in total. The van der Waals surface area contributed by atoms with Crippen molar-refractivity contribution in [2.75, 3.05) is 0 Å². The zero-order valence-corrected chi connectivity index (χ0v) is 10.2. The van der Waals surface area contributed by atoms with E-state index in [0.29, 0.717) is 0 Å². The molecule has 4 heteroatoms. The molecule has 0 aromatic carbocycles. The highest BCUT2D eigenvalue weighted by molar-refractivity contribution is 5.77. The maximum absolute atomic E-state index is 11.3. The minimum Gasteiger partial charge on any atom is -0.417 e. The van der Waals surface area contributed by atoms with Gasteiger partial charge in [-0.1, -0.05) is 0 Å². The van der Waals surface area contributed by atoms with Crippen LogP contribution >= 0.6 is 0 Å². The second-order valence-corrected chi connectivity index (χ2v) is 5.41. The van der Waals surface area contributed by atoms with Gasteiger partial charge in [-0.25, -0.2) is 0 Å². The van der Waals surface area contributed by atoms with Crippen molar-refractivity contribution >= 4 is 11.9 Å². The van der Waals surface area contributed by atoms with Crippen molar-refractivity contribution in [3.63, 3.8) is 0 Å². The van der Waals surface area contributed by atoms with Gasteiger partial charge < -0.3 is 9.47 Å². The summed E-state index contributed by atoms with van der Waals surface area (Å²) in [6.45, 7) is 11.1. The topological polar surface area (TPSA) is 52.6 Å². The van der Waals surface area contributed by atoms with E-state index in [9.17, 15) is 9.59 Å². The van der Waals surface area contributed by atoms with Crippen LogP contribution in [0.1, 0.15) is 41.5 Å². The van der Waals surface area contributed by atoms with E-state index in [1.807, 2.05) is 0 Å². The van der Waals surface area contributed by atoms with Crippen LogP contribution in [-0.2, 0) is 19.1 Å². The molecule has 0 atom stereocenters. The molecule has 0 aliphatic carbocycles. The van der Waals surface area contributed by atoms with Gasteiger partial charge in [0.25, 0.3) is 0 Å². The summed E-state index contributed by atoms with van der Waals surface area (Å²) in [7, 11) is 0. The highest BCUT2D eigenvalue weighted by Gasteiger charge is 2.26. The summed E-state index contributed by atoms with van der Waals surface area (Å²) in [4.78, 5) is 22.5. The smallest absolute Gasteiger partial charge is 0.320 e. The molecule has 0 saturated heterocycles. The van der Waals surface area contributed by atoms with E-state index in [1.165, 1.54) is 0 Å². The Morgan fingerprint density at radius 1 is 0.800 bits per heavy atom. The van der Waals surface area contributed by atoms with Crippen LogP contribution < -0.4 is 0 Å². The average molecular weight is 215 g/mol. The molecule has 0 fully saturated rings. The van der Waals surface area contributed by atoms with Crippen LogP contribution in [-0.4, -0.2) is 11.9 Å². The normalized spacial score (nSPS) is 12.1. The Kier molecular flexibility index (Phi) is 4.31. The predicted molar refractivity (Wildman–Crippen MR) is 55.4 cm³/mol. The Labute approximate surface area is 90.9 Å². The summed E-state index contributed by atoms with van der Waals surface area (Å²) < 4.78 is 9.33. The lowest BCUT2D eigenvalue weighted by atomic mass is 9.97. The Balaban J connectivity index is 3.92. The molecule has 0 aliphatic heterocycles. The molecule has 0 aromatic rings. The van der Waals surface area contributed by atoms with Crippen LogP contribution in [0.4, 0.5) is 0 Å². The molecule has 0 bridgehead atoms. The van der Waals surface area contributed by atoms with Gasteiger partial charge in [-0.05, 0) is 41.5 Å². The second-order valence-electron chi connectivity index (χ2n) is 5.41. The lowest BCUT2D eigenvalue weighted by molar-refractivity contribution is -0.166. The highest BCUT2D eigenvalue weighted by atomic mass is 16.7. The predicted octanol–water partition coefficient (Wildman–Crippen LogP) is 2.28. The van der Waals surface area contributed by atoms with Crippen molar-refractivity contribution in [3.05, 3.63) is 6.79 Å². The fourth-order valence-electron chi connectivity index (χ4n) is 0.465. The minimum atomic E-state index is -0.607. The average Bonchev–Trinajstić information content (AvgIpc) is 2.00. The Hall–Kier alpha value is -1.06. The zero-order chi connectivity index (χ0) is 12.3. The van der Waals surface area contributed by atoms with Crippen molar-refractivity contribution in [3.8, 4) is 0 Å². The number of hydrogen-bond donors (Lipinski definition) is 0. The van der Waals surface area contributed by atoms with E-state index in [1.54, 1.807) is 41.5 Å². The van der Waals surface area contributed by atoms with Crippen LogP contribution in [0.25, 0.3) is 0 Å². The lowest BCUT2D eigenvalue weighted by Crippen LogP contribution is -2.26. The summed E-state index contributed by atoms with van der Waals surface area (Å²) in [6.07, 6.45) is 0. The molecular weight excluding hydrogens is 196 g/mol. The van der Waals surface area contributed by atoms with Gasteiger partial charge in [-0.3, -0.25) is 9.59 Å². The highest BCUT2D eigenvalue weighted by Crippen LogP contribution is 2.18. The van der Waals surface area contributed by atoms with Crippen LogP contribution in [0.3, 0.4) is 0 Å². The molecule has 0 rings (SSSR count). The third-order valence-electron chi connectivity index (χ3n) is 1.54. The second kappa shape index (κ2) is 4.64. The first-order chi connectivity index (χ1) is 6.55. The molecule has 0 heterocycles. The third kappa shape index (κ3) is 5.40. The van der Waals surface area contributed by atoms with Gasteiger partial charge in [0.05, 0.1) is 10.8 Å². The Bertz CT molecular complexity index is 216. The fourth-order valence-corrected chi connectivity index (χ4v) is 0.465. The fraction of sp³-hybridized carbons (Fsp3) is 0.727. The monoisotopic (exact) mass is 215 g/mol. The summed E-state index contributed by atoms with van der Waals surface area (Å²) in [5.74, 6) is -0.881. The molecule has 1 radical (unpaired) electrons. The van der Waals surface area contributed by atoms with Crippen molar-refractivity contribution < 1.29 is 19.1 Å². The van der Waals surface area contributed by atoms with Gasteiger partial charge in [-0.15, -0.1) is 0 Å². The molecule has 4 nitrogen and oxygen atoms in total. The maximum atomic E-state index is 11.3. The van der Waals surface area contributed by atoms with Crippen LogP contribution in [0.2, 0.25) is 0 Å². The zero-order valence-electron chi connectivity index (χ0n) is 10.2. The molecule has 0 aliphatic rings. The van der Waals surface area contributed by atoms with E-state index in [4.69, 9.17) is 0 Å². The maximum Gasteiger partial charge on any atom is 0.320 e. The van der Waals surface area contributed by atoms with Crippen molar-refractivity contribution in [2.24, 2.45) is 10.8 Å². The van der Waals surface area contributed by atoms with Gasteiger partial charge in [0.1, 0.15) is 0 Å². The number of rotatable bonds is 2. The van der Waals surface area contributed by atoms with Crippen LogP contribution in [0.15, 0.2) is 0 Å². The number of esters is 2. The summed E-state index contributed by atoms with van der Waals surface area (Å²) in [5.41, 5.74) is -1.21. The van der Waals surface area contributed by atoms with Crippen molar-refractivity contribution in [1.82, 2.24) is 0 Å². The van der Waals surface area contributed by atoms with E-state index in [0.717, 1.165) is 6.79 Å². The van der Waals surface area contributed by atoms with E-state index in [2.05, 4.69) is 9.47 Å². The quantitative estimate of drug-likeness (QED) is 0.663. The molecule has 0 saturated carbocycles. The van der Waals surface area contributed by atoms with Crippen molar-refractivity contribution in [1.29, 1.82) is 0 Å². The van der Waals surface area contributed by atoms with Gasteiger partial charge >= 0.3 is 18.7 Å². The summed E-state index contributed by atoms with van der Waals surface area (Å²) >= 11 is 0. The molecule has 0 aromatic heterocycles. The lowest BCUT2D eigenvalue weighted by Gasteiger charge is -2.18. The minimum absolute atomic E-state index is 0.441. The van der Waals surface area contributed by atoms with E-state index < -0.39 is 22.8 Å². The molecule has 0 amide bonds. The number of ether oxygens (including phenoxy) is 2. The molecule has 87 valence electrons. The molecule has 0 unspecified atom stereocenters. The van der Waals surface area contributed by atoms with Crippen molar-refractivity contribution in [2.45, 2.75) is 41.5 Å². The third-order valence-corrected chi connectivity index (χ3v) is 1.54. The Morgan fingerprint density at radius 3 is 1.27 bits per heavy atom. The number of carbonyl (C=O) groups excluding carboxylic acids is 2. The first-order valence-electron chi connectivity index (χ1n) is 4.79. The van der Waals surface area contributed by atoms with E-state index >= 15 is 0 Å². The largest absolute Gasteiger partial charge is 0.417 e. The van der Waals surface area contributed by atoms with Crippen LogP contribution in [0.5, 0.6) is 0 Å². The molecule has 0 spiro atoms. The van der Waals surface area contributed by atoms with Crippen LogP contribution in [0, 0.1) is 17.6 Å². The summed E-state index contributed by atoms with van der Waals surface area (Å²) in [6, 6.07) is 0. The van der Waals surface area contributed by atoms with Gasteiger partial charge in [0, 0.05) is 0 Å². The number of carbonyl (C=O) groups is 2. The standard InChI is InChI=1S/C11H19O4/c1-10(2,3)8(12)14-7-15-9(13)11(4,5)6/h7H,1-6H3. The van der Waals surface area contributed by atoms with E-state index in [-0.39, 0.29) is 0 Å². The van der Waals surface area contributed by atoms with Gasteiger partial charge in [0.2, 0.25) is 0 Å². The SMILES string of the molecule is CC(C)(C)C(=O)O[CH]OC(=O)C(C)(C)C. The molecule has 15 heavy (non-hydrogen) atoms.